The first-order chi connectivity index (χ1) is 9.21. The van der Waals surface area contributed by atoms with E-state index in [4.69, 9.17) is 5.73 Å². The van der Waals surface area contributed by atoms with Crippen molar-refractivity contribution in [3.8, 4) is 0 Å². The largest absolute Gasteiger partial charge is 0.433 e. The van der Waals surface area contributed by atoms with Crippen molar-refractivity contribution in [3.05, 3.63) is 23.4 Å². The van der Waals surface area contributed by atoms with Crippen LogP contribution in [0, 0.1) is 0 Å². The molecule has 1 amide bonds. The van der Waals surface area contributed by atoms with Gasteiger partial charge in [0.1, 0.15) is 11.5 Å². The molecule has 0 radical (unpaired) electrons. The maximum Gasteiger partial charge on any atom is 0.433 e. The van der Waals surface area contributed by atoms with E-state index in [9.17, 15) is 18.0 Å². The number of anilines is 1. The zero-order chi connectivity index (χ0) is 15.3. The highest BCUT2D eigenvalue weighted by Gasteiger charge is 2.33. The van der Waals surface area contributed by atoms with Crippen LogP contribution in [0.3, 0.4) is 0 Å². The summed E-state index contributed by atoms with van der Waals surface area (Å²) in [4.78, 5) is 14.6. The summed E-state index contributed by atoms with van der Waals surface area (Å²) in [6.45, 7) is 4.73. The van der Waals surface area contributed by atoms with Crippen molar-refractivity contribution in [2.24, 2.45) is 5.73 Å². The molecule has 4 N–H and O–H groups in total. The number of nitrogens with one attached hydrogen (secondary N) is 2. The summed E-state index contributed by atoms with van der Waals surface area (Å²) in [6, 6.07) is 2.01. The monoisotopic (exact) mass is 290 g/mol. The first-order valence-corrected chi connectivity index (χ1v) is 6.07. The number of nitrogens with zero attached hydrogens (tertiary/aromatic N) is 1. The normalized spacial score (nSPS) is 11.7. The number of hydrogen-bond acceptors (Lipinski definition) is 4. The van der Waals surface area contributed by atoms with Gasteiger partial charge in [0.2, 0.25) is 0 Å². The molecule has 1 heterocycles. The summed E-state index contributed by atoms with van der Waals surface area (Å²) in [5.41, 5.74) is 3.98. The minimum Gasteiger partial charge on any atom is -0.368 e. The Morgan fingerprint density at radius 2 is 2.00 bits per heavy atom. The molecule has 0 bridgehead atoms. The van der Waals surface area contributed by atoms with Crippen LogP contribution in [0.25, 0.3) is 0 Å². The standard InChI is InChI=1S/C12H17F3N4O/c1-7(2)17-5-6-18-11-8(10(16)20)3-4-9(19-11)12(13,14)15/h3-4,7,17H,5-6H2,1-2H3,(H2,16,20)(H,18,19). The lowest BCUT2D eigenvalue weighted by atomic mass is 10.2. The molecule has 0 atom stereocenters. The highest BCUT2D eigenvalue weighted by atomic mass is 19.4. The van der Waals surface area contributed by atoms with Gasteiger partial charge >= 0.3 is 6.18 Å². The van der Waals surface area contributed by atoms with Crippen LogP contribution in [-0.2, 0) is 6.18 Å². The molecule has 0 aromatic carbocycles. The van der Waals surface area contributed by atoms with Crippen LogP contribution in [-0.4, -0.2) is 30.0 Å². The summed E-state index contributed by atoms with van der Waals surface area (Å²) >= 11 is 0. The molecule has 1 aromatic heterocycles. The fourth-order valence-corrected chi connectivity index (χ4v) is 1.49. The lowest BCUT2D eigenvalue weighted by Crippen LogP contribution is -2.29. The highest BCUT2D eigenvalue weighted by Crippen LogP contribution is 2.29. The van der Waals surface area contributed by atoms with Gasteiger partial charge in [0, 0.05) is 19.1 Å². The number of carbonyl (C=O) groups excluding carboxylic acids is 1. The van der Waals surface area contributed by atoms with Gasteiger partial charge < -0.3 is 16.4 Å². The van der Waals surface area contributed by atoms with Crippen molar-refractivity contribution in [2.45, 2.75) is 26.1 Å². The van der Waals surface area contributed by atoms with Crippen molar-refractivity contribution in [2.75, 3.05) is 18.4 Å². The Morgan fingerprint density at radius 1 is 1.35 bits per heavy atom. The van der Waals surface area contributed by atoms with Crippen LogP contribution in [0.5, 0.6) is 0 Å². The van der Waals surface area contributed by atoms with Gasteiger partial charge in [-0.25, -0.2) is 4.98 Å². The van der Waals surface area contributed by atoms with Gasteiger partial charge in [-0.2, -0.15) is 13.2 Å². The lowest BCUT2D eigenvalue weighted by Gasteiger charge is -2.13. The van der Waals surface area contributed by atoms with Crippen LogP contribution < -0.4 is 16.4 Å². The van der Waals surface area contributed by atoms with E-state index in [2.05, 4.69) is 15.6 Å². The van der Waals surface area contributed by atoms with Gasteiger partial charge in [-0.3, -0.25) is 4.79 Å². The van der Waals surface area contributed by atoms with E-state index in [1.54, 1.807) is 0 Å². The van der Waals surface area contributed by atoms with E-state index in [1.165, 1.54) is 0 Å². The number of rotatable bonds is 6. The Bertz CT molecular complexity index is 474. The number of primary amides is 1. The van der Waals surface area contributed by atoms with Crippen LogP contribution in [0.2, 0.25) is 0 Å². The fraction of sp³-hybridized carbons (Fsp3) is 0.500. The van der Waals surface area contributed by atoms with Gasteiger partial charge in [-0.05, 0) is 12.1 Å². The molecule has 1 aromatic rings. The van der Waals surface area contributed by atoms with Gasteiger partial charge in [0.25, 0.3) is 5.91 Å². The smallest absolute Gasteiger partial charge is 0.368 e. The third-order valence-electron chi connectivity index (χ3n) is 2.42. The Labute approximate surface area is 114 Å². The van der Waals surface area contributed by atoms with Crippen LogP contribution in [0.15, 0.2) is 12.1 Å². The van der Waals surface area contributed by atoms with Crippen LogP contribution in [0.4, 0.5) is 19.0 Å². The molecule has 1 rings (SSSR count). The van der Waals surface area contributed by atoms with E-state index in [-0.39, 0.29) is 17.4 Å². The second kappa shape index (κ2) is 6.56. The first-order valence-electron chi connectivity index (χ1n) is 6.07. The molecule has 0 unspecified atom stereocenters. The minimum atomic E-state index is -4.57. The summed E-state index contributed by atoms with van der Waals surface area (Å²) in [6.07, 6.45) is -4.57. The number of amides is 1. The Kier molecular flexibility index (Phi) is 5.32. The number of hydrogen-bond donors (Lipinski definition) is 3. The fourth-order valence-electron chi connectivity index (χ4n) is 1.49. The molecule has 8 heteroatoms. The van der Waals surface area contributed by atoms with Crippen molar-refractivity contribution in [3.63, 3.8) is 0 Å². The number of aromatic nitrogens is 1. The molecular formula is C12H17F3N4O. The van der Waals surface area contributed by atoms with Gasteiger partial charge in [0.05, 0.1) is 5.56 Å². The molecule has 0 fully saturated rings. The molecule has 112 valence electrons. The number of pyridine rings is 1. The first kappa shape index (κ1) is 16.2. The van der Waals surface area contributed by atoms with Gasteiger partial charge in [-0.15, -0.1) is 0 Å². The van der Waals surface area contributed by atoms with E-state index >= 15 is 0 Å². The number of alkyl halides is 3. The second-order valence-corrected chi connectivity index (χ2v) is 4.49. The van der Waals surface area contributed by atoms with Crippen molar-refractivity contribution < 1.29 is 18.0 Å². The second-order valence-electron chi connectivity index (χ2n) is 4.49. The Hall–Kier alpha value is -1.83. The van der Waals surface area contributed by atoms with Crippen molar-refractivity contribution in [1.82, 2.24) is 10.3 Å². The van der Waals surface area contributed by atoms with Gasteiger partial charge in [0.15, 0.2) is 0 Å². The highest BCUT2D eigenvalue weighted by molar-refractivity contribution is 5.97. The van der Waals surface area contributed by atoms with Crippen LogP contribution >= 0.6 is 0 Å². The number of halogens is 3. The summed E-state index contributed by atoms with van der Waals surface area (Å²) in [5.74, 6) is -0.983. The molecule has 5 nitrogen and oxygen atoms in total. The molecule has 0 saturated heterocycles. The summed E-state index contributed by atoms with van der Waals surface area (Å²) in [7, 11) is 0. The quantitative estimate of drug-likeness (QED) is 0.695. The molecule has 20 heavy (non-hydrogen) atoms. The third kappa shape index (κ3) is 4.69. The van der Waals surface area contributed by atoms with E-state index in [0.29, 0.717) is 13.1 Å². The predicted octanol–water partition coefficient (Wildman–Crippen LogP) is 1.61. The molecule has 0 aliphatic carbocycles. The minimum absolute atomic E-state index is 0.0671. The number of carbonyl (C=O) groups is 1. The third-order valence-corrected chi connectivity index (χ3v) is 2.42. The molecule has 0 saturated carbocycles. The van der Waals surface area contributed by atoms with E-state index < -0.39 is 17.8 Å². The lowest BCUT2D eigenvalue weighted by molar-refractivity contribution is -0.141. The van der Waals surface area contributed by atoms with Crippen LogP contribution in [0.1, 0.15) is 29.9 Å². The van der Waals surface area contributed by atoms with Crippen molar-refractivity contribution >= 4 is 11.7 Å². The topological polar surface area (TPSA) is 80.0 Å². The average molecular weight is 290 g/mol. The summed E-state index contributed by atoms with van der Waals surface area (Å²) < 4.78 is 37.7. The van der Waals surface area contributed by atoms with E-state index in [1.807, 2.05) is 13.8 Å². The molecule has 0 aliphatic heterocycles. The molecular weight excluding hydrogens is 273 g/mol. The predicted molar refractivity (Wildman–Crippen MR) is 69.4 cm³/mol. The van der Waals surface area contributed by atoms with E-state index in [0.717, 1.165) is 12.1 Å². The Balaban J connectivity index is 2.87. The Morgan fingerprint density at radius 3 is 2.50 bits per heavy atom. The molecule has 0 aliphatic rings. The average Bonchev–Trinajstić information content (AvgIpc) is 2.32. The zero-order valence-corrected chi connectivity index (χ0v) is 11.2. The summed E-state index contributed by atoms with van der Waals surface area (Å²) in [5, 5.41) is 5.77. The maximum atomic E-state index is 12.6. The molecule has 0 spiro atoms. The SMILES string of the molecule is CC(C)NCCNc1nc(C(F)(F)F)ccc1C(N)=O. The zero-order valence-electron chi connectivity index (χ0n) is 11.2. The van der Waals surface area contributed by atoms with Gasteiger partial charge in [-0.1, -0.05) is 13.8 Å². The van der Waals surface area contributed by atoms with Crippen molar-refractivity contribution in [1.29, 1.82) is 0 Å². The maximum absolute atomic E-state index is 12.6. The number of nitrogens with two attached hydrogens (primary N) is 1.